The van der Waals surface area contributed by atoms with E-state index in [1.54, 1.807) is 51.4 Å². The van der Waals surface area contributed by atoms with Crippen LogP contribution in [-0.4, -0.2) is 0 Å². The van der Waals surface area contributed by atoms with E-state index in [0.29, 0.717) is 0 Å². The quantitative estimate of drug-likeness (QED) is 0.0533. The molecule has 0 heterocycles. The maximum atomic E-state index is 2.37. The molecule has 650 valence electrons. The predicted octanol–water partition coefficient (Wildman–Crippen LogP) is 41.8. The first-order chi connectivity index (χ1) is 53.7. The van der Waals surface area contributed by atoms with E-state index in [-0.39, 0.29) is 0 Å². The average Bonchev–Trinajstić information content (AvgIpc) is 0.877. The molecule has 0 rings (SSSR count). The van der Waals surface area contributed by atoms with Gasteiger partial charge in [0.05, 0.1) is 0 Å². The number of hydrogen-bond acceptors (Lipinski definition) is 0. The lowest BCUT2D eigenvalue weighted by molar-refractivity contribution is 0.171. The van der Waals surface area contributed by atoms with Gasteiger partial charge < -0.3 is 0 Å². The van der Waals surface area contributed by atoms with E-state index in [4.69, 9.17) is 0 Å². The lowest BCUT2D eigenvalue weighted by atomic mass is 9.71. The van der Waals surface area contributed by atoms with E-state index in [2.05, 4.69) is 41.5 Å². The lowest BCUT2D eigenvalue weighted by Gasteiger charge is -2.34. The first-order valence-corrected chi connectivity index (χ1v) is 53.7. The van der Waals surface area contributed by atoms with Crippen LogP contribution in [0.2, 0.25) is 0 Å². The van der Waals surface area contributed by atoms with Crippen molar-refractivity contribution in [2.45, 2.75) is 671 Å². The van der Waals surface area contributed by atoms with Crippen LogP contribution in [0.3, 0.4) is 0 Å². The van der Waals surface area contributed by atoms with Crippen LogP contribution in [0.5, 0.6) is 0 Å². The fraction of sp³-hybridized carbons (Fsp3) is 1.00. The summed E-state index contributed by atoms with van der Waals surface area (Å²) in [5, 5.41) is 0. The number of hydrogen-bond donors (Lipinski definition) is 0. The van der Waals surface area contributed by atoms with Gasteiger partial charge in [-0.25, -0.2) is 0 Å². The molecule has 0 nitrogen and oxygen atoms in total. The Morgan fingerprint density at radius 3 is 0.296 bits per heavy atom. The third-order valence-corrected chi connectivity index (χ3v) is 27.2. The highest BCUT2D eigenvalue weighted by Gasteiger charge is 2.28. The summed E-state index contributed by atoms with van der Waals surface area (Å²) in [4.78, 5) is 0. The zero-order chi connectivity index (χ0) is 77.6. The molecule has 0 aromatic rings. The summed E-state index contributed by atoms with van der Waals surface area (Å²) in [6, 6.07) is 0. The lowest BCUT2D eigenvalue weighted by Crippen LogP contribution is -2.23. The minimum absolute atomic E-state index is 0.972. The average molecular weight is 1520 g/mol. The third-order valence-electron chi connectivity index (χ3n) is 27.2. The Bertz CT molecular complexity index is 1490. The van der Waals surface area contributed by atoms with Gasteiger partial charge in [0, 0.05) is 0 Å². The highest BCUT2D eigenvalue weighted by molar-refractivity contribution is 4.79. The van der Waals surface area contributed by atoms with Crippen molar-refractivity contribution in [1.29, 1.82) is 0 Å². The van der Waals surface area contributed by atoms with Gasteiger partial charge in [-0.15, -0.1) is 0 Å². The first kappa shape index (κ1) is 108. The molecule has 0 aromatic heterocycles. The maximum absolute atomic E-state index is 2.37. The summed E-state index contributed by atoms with van der Waals surface area (Å²) < 4.78 is 0. The summed E-state index contributed by atoms with van der Waals surface area (Å²) in [6.07, 6.45) is 146. The minimum atomic E-state index is 0.972. The Morgan fingerprint density at radius 2 is 0.185 bits per heavy atom. The van der Waals surface area contributed by atoms with Crippen LogP contribution in [0, 0.1) is 23.7 Å². The Morgan fingerprint density at radius 1 is 0.0926 bits per heavy atom. The van der Waals surface area contributed by atoms with E-state index in [0.717, 1.165) is 23.7 Å². The summed E-state index contributed by atoms with van der Waals surface area (Å²) in [5.74, 6) is 3.89. The van der Waals surface area contributed by atoms with Crippen molar-refractivity contribution in [2.24, 2.45) is 23.7 Å². The van der Waals surface area contributed by atoms with Gasteiger partial charge in [-0.05, 0) is 36.5 Å². The Kier molecular flexibility index (Phi) is 99.4. The molecule has 0 amide bonds. The second-order valence-electron chi connectivity index (χ2n) is 38.2. The molecule has 0 radical (unpaired) electrons. The second-order valence-corrected chi connectivity index (χ2v) is 38.2. The first-order valence-electron chi connectivity index (χ1n) is 53.7. The van der Waals surface area contributed by atoms with Crippen LogP contribution in [0.4, 0.5) is 0 Å². The van der Waals surface area contributed by atoms with E-state index >= 15 is 0 Å². The van der Waals surface area contributed by atoms with Gasteiger partial charge in [0.1, 0.15) is 0 Å². The molecule has 0 aromatic carbocycles. The Balaban J connectivity index is 6.52. The summed E-state index contributed by atoms with van der Waals surface area (Å²) in [5.41, 5.74) is 0. The summed E-state index contributed by atoms with van der Waals surface area (Å²) >= 11 is 0. The van der Waals surface area contributed by atoms with Crippen molar-refractivity contribution in [2.75, 3.05) is 0 Å². The van der Waals surface area contributed by atoms with Gasteiger partial charge in [-0.2, -0.15) is 0 Å². The summed E-state index contributed by atoms with van der Waals surface area (Å²) in [6.45, 7) is 14.1. The van der Waals surface area contributed by atoms with Crippen LogP contribution >= 0.6 is 0 Å². The largest absolute Gasteiger partial charge is 0.0654 e. The molecule has 108 heavy (non-hydrogen) atoms. The van der Waals surface area contributed by atoms with Crippen LogP contribution in [0.1, 0.15) is 671 Å². The molecule has 0 saturated carbocycles. The molecule has 4 unspecified atom stereocenters. The molecule has 0 bridgehead atoms. The van der Waals surface area contributed by atoms with Crippen molar-refractivity contribution >= 4 is 0 Å². The Hall–Kier alpha value is 0. The Labute approximate surface area is 690 Å². The predicted molar refractivity (Wildman–Crippen MR) is 500 cm³/mol. The molecular formula is C108H218. The highest BCUT2D eigenvalue weighted by atomic mass is 14.3. The van der Waals surface area contributed by atoms with Crippen molar-refractivity contribution in [1.82, 2.24) is 0 Å². The number of rotatable bonds is 101. The van der Waals surface area contributed by atoms with Crippen LogP contribution in [-0.2, 0) is 0 Å². The van der Waals surface area contributed by atoms with E-state index in [1.165, 1.54) is 578 Å². The van der Waals surface area contributed by atoms with Gasteiger partial charge in [0.2, 0.25) is 0 Å². The molecule has 4 atom stereocenters. The second kappa shape index (κ2) is 99.4. The topological polar surface area (TPSA) is 0 Å². The standard InChI is InChI=1S/C108H218/c1-7-13-19-25-31-37-43-48-51-54-57-60-64-70-75-81-87-93-99-105(97-91-85-79-73-68-47-41-35-29-23-17-11-5)103-108(107(101-95-89-83-77-67-42-36-30-24-18-12-6)102-96-90-84-78-72-66-62-59-56-53-50-45-39-33-27-21-15-9-3)104-106(98-92-86-80-74-69-63-46-40-34-28-22-16-10-4)100-94-88-82-76-71-65-61-58-55-52-49-44-38-32-26-20-14-8-2/h105-108H,7-104H2,1-6H3. The van der Waals surface area contributed by atoms with Crippen LogP contribution in [0.15, 0.2) is 0 Å². The molecule has 0 N–H and O–H groups in total. The normalized spacial score (nSPS) is 13.1. The zero-order valence-electron chi connectivity index (χ0n) is 77.6. The molecule has 0 saturated heterocycles. The fourth-order valence-corrected chi connectivity index (χ4v) is 19.5. The summed E-state index contributed by atoms with van der Waals surface area (Å²) in [7, 11) is 0. The SMILES string of the molecule is CCCCCCCCCCCCCCCCCCCCC(CCCCCCCCCCCCCC)CC(CC(CCCCCCCCCCCCCCC)CCCCCCCCCCCCCCCCCCCC)C(CCCCCCCCCCCCC)CCCCCCCCCCCCCCCCCCCC. The van der Waals surface area contributed by atoms with E-state index < -0.39 is 0 Å². The molecule has 0 fully saturated rings. The van der Waals surface area contributed by atoms with Gasteiger partial charge in [0.15, 0.2) is 0 Å². The van der Waals surface area contributed by atoms with Crippen molar-refractivity contribution < 1.29 is 0 Å². The van der Waals surface area contributed by atoms with Crippen molar-refractivity contribution in [3.05, 3.63) is 0 Å². The number of unbranched alkanes of at least 4 members (excludes halogenated alkanes) is 84. The minimum Gasteiger partial charge on any atom is -0.0654 e. The van der Waals surface area contributed by atoms with Crippen molar-refractivity contribution in [3.63, 3.8) is 0 Å². The van der Waals surface area contributed by atoms with Gasteiger partial charge in [0.25, 0.3) is 0 Å². The molecule has 0 aliphatic carbocycles. The molecule has 0 aliphatic heterocycles. The molecule has 0 heteroatoms. The van der Waals surface area contributed by atoms with Gasteiger partial charge in [-0.3, -0.25) is 0 Å². The zero-order valence-corrected chi connectivity index (χ0v) is 77.6. The molecule has 0 aliphatic rings. The van der Waals surface area contributed by atoms with Gasteiger partial charge >= 0.3 is 0 Å². The van der Waals surface area contributed by atoms with Gasteiger partial charge in [-0.1, -0.05) is 658 Å². The smallest absolute Gasteiger partial charge is 0.0381 e. The van der Waals surface area contributed by atoms with Crippen LogP contribution in [0.25, 0.3) is 0 Å². The fourth-order valence-electron chi connectivity index (χ4n) is 19.5. The monoisotopic (exact) mass is 1520 g/mol. The molecule has 0 spiro atoms. The van der Waals surface area contributed by atoms with E-state index in [9.17, 15) is 0 Å². The third kappa shape index (κ3) is 89.9. The van der Waals surface area contributed by atoms with E-state index in [1.807, 2.05) is 0 Å². The molecular weight excluding hydrogens is 1300 g/mol. The highest BCUT2D eigenvalue weighted by Crippen LogP contribution is 2.40. The van der Waals surface area contributed by atoms with Crippen molar-refractivity contribution in [3.8, 4) is 0 Å². The van der Waals surface area contributed by atoms with Crippen LogP contribution < -0.4 is 0 Å². The maximum Gasteiger partial charge on any atom is -0.0381 e.